The van der Waals surface area contributed by atoms with Gasteiger partial charge in [0.05, 0.1) is 0 Å². The summed E-state index contributed by atoms with van der Waals surface area (Å²) in [5.74, 6) is 0.531. The zero-order valence-corrected chi connectivity index (χ0v) is 9.99. The average molecular weight is 239 g/mol. The van der Waals surface area contributed by atoms with Gasteiger partial charge in [-0.25, -0.2) is 0 Å². The van der Waals surface area contributed by atoms with Crippen molar-refractivity contribution in [1.82, 2.24) is 0 Å². The lowest BCUT2D eigenvalue weighted by molar-refractivity contribution is 0.0991. The number of ketones is 1. The molecule has 0 aliphatic heterocycles. The lowest BCUT2D eigenvalue weighted by Crippen LogP contribution is -1.98. The van der Waals surface area contributed by atoms with Gasteiger partial charge in [0, 0.05) is 33.3 Å². The average Bonchev–Trinajstić information content (AvgIpc) is 2.60. The van der Waals surface area contributed by atoms with Gasteiger partial charge in [-0.05, 0) is 19.1 Å². The molecule has 1 aromatic heterocycles. The number of carbonyl (C=O) groups excluding carboxylic acids is 1. The molecular weight excluding hydrogens is 228 g/mol. The summed E-state index contributed by atoms with van der Waals surface area (Å²) < 4.78 is 1.17. The summed E-state index contributed by atoms with van der Waals surface area (Å²) in [6.45, 7) is 2.03. The standard InChI is InChI=1S/C12H11ClOS/c1-8-2-3-12-9(6-8)10(7-15-12)11(14)4-5-13/h2-3,6-7H,4-5H2,1H3. The topological polar surface area (TPSA) is 17.1 Å². The van der Waals surface area contributed by atoms with E-state index >= 15 is 0 Å². The normalized spacial score (nSPS) is 10.8. The van der Waals surface area contributed by atoms with Crippen molar-refractivity contribution in [1.29, 1.82) is 0 Å². The van der Waals surface area contributed by atoms with E-state index in [1.54, 1.807) is 11.3 Å². The molecule has 0 aliphatic carbocycles. The van der Waals surface area contributed by atoms with Gasteiger partial charge in [0.2, 0.25) is 0 Å². The fourth-order valence-corrected chi connectivity index (χ4v) is 2.70. The largest absolute Gasteiger partial charge is 0.294 e. The van der Waals surface area contributed by atoms with Crippen LogP contribution in [0.2, 0.25) is 0 Å². The minimum Gasteiger partial charge on any atom is -0.294 e. The SMILES string of the molecule is Cc1ccc2scc(C(=O)CCCl)c2c1. The van der Waals surface area contributed by atoms with E-state index in [2.05, 4.69) is 18.2 Å². The summed E-state index contributed by atoms with van der Waals surface area (Å²) in [4.78, 5) is 11.8. The molecule has 0 amide bonds. The highest BCUT2D eigenvalue weighted by Gasteiger charge is 2.11. The van der Waals surface area contributed by atoms with Gasteiger partial charge in [0.15, 0.2) is 5.78 Å². The molecule has 0 bridgehead atoms. The highest BCUT2D eigenvalue weighted by Crippen LogP contribution is 2.27. The van der Waals surface area contributed by atoms with Crippen molar-refractivity contribution >= 4 is 38.8 Å². The van der Waals surface area contributed by atoms with Crippen molar-refractivity contribution < 1.29 is 4.79 Å². The maximum atomic E-state index is 11.8. The zero-order chi connectivity index (χ0) is 10.8. The minimum atomic E-state index is 0.141. The summed E-state index contributed by atoms with van der Waals surface area (Å²) in [7, 11) is 0. The Balaban J connectivity index is 2.52. The number of fused-ring (bicyclic) bond motifs is 1. The number of alkyl halides is 1. The molecule has 0 atom stereocenters. The van der Waals surface area contributed by atoms with E-state index in [0.29, 0.717) is 12.3 Å². The number of benzene rings is 1. The third kappa shape index (κ3) is 2.06. The maximum Gasteiger partial charge on any atom is 0.165 e. The van der Waals surface area contributed by atoms with Crippen LogP contribution in [0.1, 0.15) is 22.3 Å². The molecule has 0 spiro atoms. The Morgan fingerprint density at radius 2 is 2.27 bits per heavy atom. The third-order valence-corrected chi connectivity index (χ3v) is 3.50. The van der Waals surface area contributed by atoms with Crippen molar-refractivity contribution in [3.63, 3.8) is 0 Å². The fraction of sp³-hybridized carbons (Fsp3) is 0.250. The molecular formula is C12H11ClOS. The molecule has 0 aliphatic rings. The molecule has 0 saturated carbocycles. The Morgan fingerprint density at radius 1 is 1.47 bits per heavy atom. The predicted molar refractivity (Wildman–Crippen MR) is 66.2 cm³/mol. The first kappa shape index (κ1) is 10.7. The van der Waals surface area contributed by atoms with Gasteiger partial charge >= 0.3 is 0 Å². The molecule has 2 aromatic rings. The van der Waals surface area contributed by atoms with E-state index in [1.807, 2.05) is 12.3 Å². The van der Waals surface area contributed by atoms with Crippen LogP contribution in [0.25, 0.3) is 10.1 Å². The second-order valence-corrected chi connectivity index (χ2v) is 4.80. The van der Waals surface area contributed by atoms with Crippen molar-refractivity contribution in [2.24, 2.45) is 0 Å². The van der Waals surface area contributed by atoms with Gasteiger partial charge in [-0.1, -0.05) is 11.6 Å². The van der Waals surface area contributed by atoms with Crippen LogP contribution in [0.4, 0.5) is 0 Å². The van der Waals surface area contributed by atoms with Gasteiger partial charge < -0.3 is 0 Å². The number of Topliss-reactive ketones (excluding diaryl/α,β-unsaturated/α-hetero) is 1. The van der Waals surface area contributed by atoms with E-state index in [1.165, 1.54) is 10.3 Å². The van der Waals surface area contributed by atoms with E-state index in [4.69, 9.17) is 11.6 Å². The molecule has 0 radical (unpaired) electrons. The van der Waals surface area contributed by atoms with Crippen molar-refractivity contribution in [3.05, 3.63) is 34.7 Å². The monoisotopic (exact) mass is 238 g/mol. The van der Waals surface area contributed by atoms with Crippen LogP contribution in [0.5, 0.6) is 0 Å². The first-order valence-electron chi connectivity index (χ1n) is 4.79. The Bertz CT molecular complexity index is 501. The maximum absolute atomic E-state index is 11.8. The van der Waals surface area contributed by atoms with Crippen molar-refractivity contribution in [3.8, 4) is 0 Å². The number of thiophene rings is 1. The highest BCUT2D eigenvalue weighted by molar-refractivity contribution is 7.17. The first-order chi connectivity index (χ1) is 7.22. The van der Waals surface area contributed by atoms with Crippen LogP contribution < -0.4 is 0 Å². The molecule has 78 valence electrons. The van der Waals surface area contributed by atoms with Crippen LogP contribution in [-0.4, -0.2) is 11.7 Å². The molecule has 0 saturated heterocycles. The second-order valence-electron chi connectivity index (χ2n) is 3.51. The molecule has 1 nitrogen and oxygen atoms in total. The molecule has 1 aromatic carbocycles. The van der Waals surface area contributed by atoms with E-state index in [0.717, 1.165) is 10.9 Å². The van der Waals surface area contributed by atoms with Crippen LogP contribution in [-0.2, 0) is 0 Å². The quantitative estimate of drug-likeness (QED) is 0.583. The predicted octanol–water partition coefficient (Wildman–Crippen LogP) is 4.02. The van der Waals surface area contributed by atoms with E-state index in [-0.39, 0.29) is 5.78 Å². The van der Waals surface area contributed by atoms with E-state index in [9.17, 15) is 4.79 Å². The first-order valence-corrected chi connectivity index (χ1v) is 6.21. The number of aryl methyl sites for hydroxylation is 1. The highest BCUT2D eigenvalue weighted by atomic mass is 35.5. The Labute approximate surface area is 97.7 Å². The Hall–Kier alpha value is -0.860. The van der Waals surface area contributed by atoms with Crippen molar-refractivity contribution in [2.45, 2.75) is 13.3 Å². The summed E-state index contributed by atoms with van der Waals surface area (Å²) in [5, 5.41) is 2.99. The van der Waals surface area contributed by atoms with Crippen molar-refractivity contribution in [2.75, 3.05) is 5.88 Å². The van der Waals surface area contributed by atoms with Gasteiger partial charge in [0.25, 0.3) is 0 Å². The summed E-state index contributed by atoms with van der Waals surface area (Å²) in [6.07, 6.45) is 0.418. The van der Waals surface area contributed by atoms with Gasteiger partial charge in [-0.3, -0.25) is 4.79 Å². The molecule has 0 N–H and O–H groups in total. The number of rotatable bonds is 3. The molecule has 1 heterocycles. The molecule has 0 unspecified atom stereocenters. The fourth-order valence-electron chi connectivity index (χ4n) is 1.58. The number of carbonyl (C=O) groups is 1. The molecule has 0 fully saturated rings. The molecule has 15 heavy (non-hydrogen) atoms. The van der Waals surface area contributed by atoms with Crippen LogP contribution in [0.15, 0.2) is 23.6 Å². The summed E-state index contributed by atoms with van der Waals surface area (Å²) >= 11 is 7.19. The summed E-state index contributed by atoms with van der Waals surface area (Å²) in [6, 6.07) is 6.19. The van der Waals surface area contributed by atoms with Gasteiger partial charge in [0.1, 0.15) is 0 Å². The molecule has 3 heteroatoms. The lowest BCUT2D eigenvalue weighted by atomic mass is 10.1. The van der Waals surface area contributed by atoms with Crippen LogP contribution in [0.3, 0.4) is 0 Å². The van der Waals surface area contributed by atoms with Crippen LogP contribution >= 0.6 is 22.9 Å². The summed E-state index contributed by atoms with van der Waals surface area (Å²) in [5.41, 5.74) is 2.00. The zero-order valence-electron chi connectivity index (χ0n) is 8.42. The third-order valence-electron chi connectivity index (χ3n) is 2.35. The smallest absolute Gasteiger partial charge is 0.165 e. The van der Waals surface area contributed by atoms with Crippen LogP contribution in [0, 0.1) is 6.92 Å². The minimum absolute atomic E-state index is 0.141. The number of hydrogen-bond acceptors (Lipinski definition) is 2. The Kier molecular flexibility index (Phi) is 3.08. The number of hydrogen-bond donors (Lipinski definition) is 0. The Morgan fingerprint density at radius 3 is 3.00 bits per heavy atom. The second kappa shape index (κ2) is 4.33. The van der Waals surface area contributed by atoms with Gasteiger partial charge in [-0.2, -0.15) is 0 Å². The van der Waals surface area contributed by atoms with Gasteiger partial charge in [-0.15, -0.1) is 22.9 Å². The lowest BCUT2D eigenvalue weighted by Gasteiger charge is -1.97. The number of halogens is 1. The molecule has 2 rings (SSSR count). The van der Waals surface area contributed by atoms with E-state index < -0.39 is 0 Å².